The van der Waals surface area contributed by atoms with E-state index in [9.17, 15) is 9.59 Å². The topological polar surface area (TPSA) is 73.2 Å². The van der Waals surface area contributed by atoms with Gasteiger partial charge in [0.25, 0.3) is 5.56 Å². The van der Waals surface area contributed by atoms with Crippen molar-refractivity contribution < 1.29 is 9.53 Å². The lowest BCUT2D eigenvalue weighted by Crippen LogP contribution is -2.28. The smallest absolute Gasteiger partial charge is 0.263 e. The van der Waals surface area contributed by atoms with Gasteiger partial charge in [0.15, 0.2) is 0 Å². The molecule has 4 rings (SSSR count). The quantitative estimate of drug-likeness (QED) is 0.388. The number of nitrogens with zero attached hydrogens (tertiary/aromatic N) is 2. The number of anilines is 1. The number of amides is 1. The molecule has 32 heavy (non-hydrogen) atoms. The number of thiophene rings is 1. The number of hydrogen-bond donors (Lipinski definition) is 1. The summed E-state index contributed by atoms with van der Waals surface area (Å²) in [5.41, 5.74) is 2.95. The maximum atomic E-state index is 13.2. The van der Waals surface area contributed by atoms with Crippen LogP contribution < -0.4 is 15.6 Å². The van der Waals surface area contributed by atoms with Crippen LogP contribution in [0.15, 0.2) is 59.0 Å². The Bertz CT molecular complexity index is 1330. The Morgan fingerprint density at radius 2 is 2.00 bits per heavy atom. The van der Waals surface area contributed by atoms with E-state index in [0.717, 1.165) is 28.9 Å². The van der Waals surface area contributed by atoms with Crippen molar-refractivity contribution in [1.29, 1.82) is 0 Å². The van der Waals surface area contributed by atoms with Gasteiger partial charge in [0, 0.05) is 21.7 Å². The normalized spacial score (nSPS) is 11.0. The van der Waals surface area contributed by atoms with E-state index < -0.39 is 0 Å². The first kappa shape index (κ1) is 22.0. The first-order valence-corrected chi connectivity index (χ1v) is 11.5. The highest BCUT2D eigenvalue weighted by atomic mass is 35.5. The second kappa shape index (κ2) is 9.54. The molecule has 0 atom stereocenters. The molecule has 2 heterocycles. The highest BCUT2D eigenvalue weighted by Gasteiger charge is 2.15. The van der Waals surface area contributed by atoms with E-state index in [1.165, 1.54) is 22.2 Å². The van der Waals surface area contributed by atoms with E-state index in [-0.39, 0.29) is 18.0 Å². The fourth-order valence-electron chi connectivity index (χ4n) is 3.36. The van der Waals surface area contributed by atoms with Gasteiger partial charge >= 0.3 is 0 Å². The third-order valence-electron chi connectivity index (χ3n) is 4.98. The van der Waals surface area contributed by atoms with Crippen molar-refractivity contribution in [2.24, 2.45) is 0 Å². The minimum atomic E-state index is -0.312. The maximum absolute atomic E-state index is 13.2. The van der Waals surface area contributed by atoms with Crippen LogP contribution in [0.3, 0.4) is 0 Å². The summed E-state index contributed by atoms with van der Waals surface area (Å²) < 4.78 is 6.97. The average Bonchev–Trinajstić information content (AvgIpc) is 3.21. The van der Waals surface area contributed by atoms with Gasteiger partial charge in [-0.1, -0.05) is 30.7 Å². The Balaban J connectivity index is 1.60. The van der Waals surface area contributed by atoms with Gasteiger partial charge in [0.05, 0.1) is 18.3 Å². The molecule has 6 nitrogen and oxygen atoms in total. The van der Waals surface area contributed by atoms with E-state index in [1.807, 2.05) is 36.6 Å². The van der Waals surface area contributed by atoms with Crippen LogP contribution >= 0.6 is 22.9 Å². The Morgan fingerprint density at radius 3 is 2.72 bits per heavy atom. The van der Waals surface area contributed by atoms with E-state index in [2.05, 4.69) is 17.2 Å². The molecule has 164 valence electrons. The number of benzene rings is 2. The van der Waals surface area contributed by atoms with E-state index in [1.54, 1.807) is 18.2 Å². The standard InChI is InChI=1S/C24H22ClN3O3S/c1-3-10-31-18-7-4-16(5-8-18)19-13-32-23-22(19)24(30)28(14-26-23)12-21(29)27-20-9-6-17(25)11-15(20)2/h4-9,11,13-14H,3,10,12H2,1-2H3,(H,27,29). The van der Waals surface area contributed by atoms with Crippen molar-refractivity contribution in [3.05, 3.63) is 75.1 Å². The van der Waals surface area contributed by atoms with Crippen LogP contribution in [0, 0.1) is 6.92 Å². The zero-order valence-electron chi connectivity index (χ0n) is 17.7. The summed E-state index contributed by atoms with van der Waals surface area (Å²) in [4.78, 5) is 30.8. The molecule has 8 heteroatoms. The molecule has 4 aromatic rings. The maximum Gasteiger partial charge on any atom is 0.263 e. The number of halogens is 1. The van der Waals surface area contributed by atoms with E-state index in [0.29, 0.717) is 27.5 Å². The van der Waals surface area contributed by atoms with Crippen LogP contribution in [-0.4, -0.2) is 22.1 Å². The van der Waals surface area contributed by atoms with Crippen LogP contribution in [0.25, 0.3) is 21.3 Å². The summed E-state index contributed by atoms with van der Waals surface area (Å²) in [7, 11) is 0. The molecule has 2 aromatic carbocycles. The Morgan fingerprint density at radius 1 is 1.22 bits per heavy atom. The highest BCUT2D eigenvalue weighted by molar-refractivity contribution is 7.17. The molecule has 2 aromatic heterocycles. The van der Waals surface area contributed by atoms with Crippen molar-refractivity contribution in [3.8, 4) is 16.9 Å². The Labute approximate surface area is 194 Å². The van der Waals surface area contributed by atoms with Gasteiger partial charge in [-0.3, -0.25) is 14.2 Å². The lowest BCUT2D eigenvalue weighted by molar-refractivity contribution is -0.116. The molecule has 0 saturated heterocycles. The second-order valence-corrected chi connectivity index (χ2v) is 8.68. The Hall–Kier alpha value is -3.16. The number of ether oxygens (including phenoxy) is 1. The zero-order chi connectivity index (χ0) is 22.7. The molecule has 0 aliphatic carbocycles. The largest absolute Gasteiger partial charge is 0.494 e. The van der Waals surface area contributed by atoms with Crippen LogP contribution in [0.2, 0.25) is 5.02 Å². The molecular formula is C24H22ClN3O3S. The zero-order valence-corrected chi connectivity index (χ0v) is 19.3. The number of fused-ring (bicyclic) bond motifs is 1. The minimum absolute atomic E-state index is 0.136. The van der Waals surface area contributed by atoms with Crippen molar-refractivity contribution >= 4 is 44.7 Å². The Kier molecular flexibility index (Phi) is 6.58. The van der Waals surface area contributed by atoms with Crippen molar-refractivity contribution in [2.75, 3.05) is 11.9 Å². The van der Waals surface area contributed by atoms with E-state index in [4.69, 9.17) is 16.3 Å². The molecule has 0 radical (unpaired) electrons. The third-order valence-corrected chi connectivity index (χ3v) is 6.10. The number of rotatable bonds is 7. The van der Waals surface area contributed by atoms with Gasteiger partial charge < -0.3 is 10.1 Å². The van der Waals surface area contributed by atoms with Gasteiger partial charge in [-0.15, -0.1) is 11.3 Å². The van der Waals surface area contributed by atoms with Crippen LogP contribution in [-0.2, 0) is 11.3 Å². The summed E-state index contributed by atoms with van der Waals surface area (Å²) in [6, 6.07) is 12.9. The fourth-order valence-corrected chi connectivity index (χ4v) is 4.49. The molecule has 1 N–H and O–H groups in total. The molecule has 1 amide bonds. The molecular weight excluding hydrogens is 446 g/mol. The summed E-state index contributed by atoms with van der Waals surface area (Å²) in [6.45, 7) is 4.44. The monoisotopic (exact) mass is 467 g/mol. The number of nitrogens with one attached hydrogen (secondary N) is 1. The average molecular weight is 468 g/mol. The lowest BCUT2D eigenvalue weighted by atomic mass is 10.1. The van der Waals surface area contributed by atoms with Crippen LogP contribution in [0.4, 0.5) is 5.69 Å². The molecule has 0 spiro atoms. The second-order valence-electron chi connectivity index (χ2n) is 7.39. The van der Waals surface area contributed by atoms with Crippen LogP contribution in [0.1, 0.15) is 18.9 Å². The predicted molar refractivity (Wildman–Crippen MR) is 130 cm³/mol. The van der Waals surface area contributed by atoms with Gasteiger partial charge in [-0.05, 0) is 54.8 Å². The summed E-state index contributed by atoms with van der Waals surface area (Å²) in [5.74, 6) is 0.479. The fraction of sp³-hybridized carbons (Fsp3) is 0.208. The molecule has 0 fully saturated rings. The van der Waals surface area contributed by atoms with Crippen LogP contribution in [0.5, 0.6) is 5.75 Å². The number of carbonyl (C=O) groups is 1. The number of hydrogen-bond acceptors (Lipinski definition) is 5. The first-order chi connectivity index (χ1) is 15.5. The van der Waals surface area contributed by atoms with Crippen molar-refractivity contribution in [2.45, 2.75) is 26.8 Å². The number of carbonyl (C=O) groups excluding carboxylic acids is 1. The SMILES string of the molecule is CCCOc1ccc(-c2csc3ncn(CC(=O)Nc4ccc(Cl)cc4C)c(=O)c23)cc1. The molecule has 0 bridgehead atoms. The molecule has 0 unspecified atom stereocenters. The number of aryl methyl sites for hydroxylation is 1. The molecule has 0 aliphatic heterocycles. The summed E-state index contributed by atoms with van der Waals surface area (Å²) in [5, 5.41) is 5.85. The first-order valence-electron chi connectivity index (χ1n) is 10.2. The highest BCUT2D eigenvalue weighted by Crippen LogP contribution is 2.31. The number of aromatic nitrogens is 2. The molecule has 0 aliphatic rings. The lowest BCUT2D eigenvalue weighted by Gasteiger charge is -2.10. The van der Waals surface area contributed by atoms with Crippen molar-refractivity contribution in [1.82, 2.24) is 9.55 Å². The van der Waals surface area contributed by atoms with Gasteiger partial charge in [-0.25, -0.2) is 4.98 Å². The van der Waals surface area contributed by atoms with Gasteiger partial charge in [0.1, 0.15) is 17.1 Å². The van der Waals surface area contributed by atoms with Gasteiger partial charge in [-0.2, -0.15) is 0 Å². The third kappa shape index (κ3) is 4.69. The predicted octanol–water partition coefficient (Wildman–Crippen LogP) is 5.51. The van der Waals surface area contributed by atoms with E-state index >= 15 is 0 Å². The van der Waals surface area contributed by atoms with Crippen molar-refractivity contribution in [3.63, 3.8) is 0 Å². The summed E-state index contributed by atoms with van der Waals surface area (Å²) >= 11 is 7.38. The van der Waals surface area contributed by atoms with Gasteiger partial charge in [0.2, 0.25) is 5.91 Å². The minimum Gasteiger partial charge on any atom is -0.494 e. The summed E-state index contributed by atoms with van der Waals surface area (Å²) in [6.07, 6.45) is 2.36. The molecule has 0 saturated carbocycles.